The van der Waals surface area contributed by atoms with Gasteiger partial charge in [-0.1, -0.05) is 18.2 Å². The summed E-state index contributed by atoms with van der Waals surface area (Å²) in [5, 5.41) is 0. The fraction of sp³-hybridized carbons (Fsp3) is 0.100. The van der Waals surface area contributed by atoms with Gasteiger partial charge in [-0.3, -0.25) is 4.79 Å². The van der Waals surface area contributed by atoms with Crippen LogP contribution < -0.4 is 5.73 Å². The van der Waals surface area contributed by atoms with E-state index >= 15 is 0 Å². The summed E-state index contributed by atoms with van der Waals surface area (Å²) in [4.78, 5) is 12.2. The Morgan fingerprint density at radius 1 is 1.43 bits per heavy atom. The number of fused-ring (bicyclic) bond motifs is 1. The first-order valence-corrected chi connectivity index (χ1v) is 4.98. The normalized spacial score (nSPS) is 14.6. The molecule has 2 N–H and O–H groups in total. The maximum atomic E-state index is 11.1. The van der Waals surface area contributed by atoms with Gasteiger partial charge in [-0.2, -0.15) is 0 Å². The number of nitrogens with two attached hydrogens (primary N) is 1. The third-order valence-electron chi connectivity index (χ3n) is 2.04. The molecular weight excluding hydrogens is 196 g/mol. The van der Waals surface area contributed by atoms with Gasteiger partial charge in [-0.25, -0.2) is 0 Å². The second-order valence-electron chi connectivity index (χ2n) is 3.02. The van der Waals surface area contributed by atoms with Crippen molar-refractivity contribution in [3.63, 3.8) is 0 Å². The van der Waals surface area contributed by atoms with E-state index in [2.05, 4.69) is 0 Å². The lowest BCUT2D eigenvalue weighted by atomic mass is 10.2. The number of nitrogens with zero attached hydrogens (tertiary/aromatic N) is 1. The lowest BCUT2D eigenvalue weighted by molar-refractivity contribution is -0.115. The Morgan fingerprint density at radius 2 is 2.14 bits per heavy atom. The van der Waals surface area contributed by atoms with Crippen LogP contribution in [0.15, 0.2) is 34.9 Å². The summed E-state index contributed by atoms with van der Waals surface area (Å²) < 4.78 is 1.78. The van der Waals surface area contributed by atoms with E-state index in [0.717, 1.165) is 10.5 Å². The number of amides is 1. The average Bonchev–Trinajstić information content (AvgIpc) is 2.16. The van der Waals surface area contributed by atoms with Crippen molar-refractivity contribution in [2.45, 2.75) is 4.90 Å². The molecule has 0 fully saturated rings. The molecule has 0 atom stereocenters. The maximum Gasteiger partial charge on any atom is 0.265 e. The first-order chi connectivity index (χ1) is 6.68. The first kappa shape index (κ1) is 9.15. The maximum absolute atomic E-state index is 11.1. The minimum Gasteiger partial charge on any atom is -0.364 e. The minimum atomic E-state index is -0.394. The summed E-state index contributed by atoms with van der Waals surface area (Å²) >= 11 is 1.51. The molecule has 0 saturated heterocycles. The lowest BCUT2D eigenvalue weighted by Crippen LogP contribution is -2.25. The van der Waals surface area contributed by atoms with Crippen molar-refractivity contribution in [1.82, 2.24) is 4.31 Å². The average molecular weight is 206 g/mol. The number of hydrogen-bond acceptors (Lipinski definition) is 3. The van der Waals surface area contributed by atoms with Crippen molar-refractivity contribution in [1.29, 1.82) is 0 Å². The second-order valence-corrected chi connectivity index (χ2v) is 4.19. The molecule has 0 aliphatic carbocycles. The van der Waals surface area contributed by atoms with Gasteiger partial charge in [0.1, 0.15) is 5.70 Å². The molecule has 1 aliphatic rings. The van der Waals surface area contributed by atoms with Gasteiger partial charge in [-0.05, 0) is 29.7 Å². The quantitative estimate of drug-likeness (QED) is 0.708. The van der Waals surface area contributed by atoms with Crippen molar-refractivity contribution in [2.75, 3.05) is 7.05 Å². The van der Waals surface area contributed by atoms with E-state index in [1.54, 1.807) is 4.31 Å². The number of primary amides is 1. The zero-order chi connectivity index (χ0) is 10.1. The molecule has 0 spiro atoms. The van der Waals surface area contributed by atoms with E-state index in [1.165, 1.54) is 11.9 Å². The molecule has 4 heteroatoms. The fourth-order valence-electron chi connectivity index (χ4n) is 1.34. The third-order valence-corrected chi connectivity index (χ3v) is 3.08. The topological polar surface area (TPSA) is 46.3 Å². The zero-order valence-electron chi connectivity index (χ0n) is 7.73. The van der Waals surface area contributed by atoms with E-state index < -0.39 is 5.91 Å². The van der Waals surface area contributed by atoms with Crippen molar-refractivity contribution in [2.24, 2.45) is 5.73 Å². The molecule has 1 aromatic rings. The highest BCUT2D eigenvalue weighted by Crippen LogP contribution is 2.34. The Balaban J connectivity index is 2.49. The molecule has 0 radical (unpaired) electrons. The number of carbonyl (C=O) groups excluding carboxylic acids is 1. The smallest absolute Gasteiger partial charge is 0.265 e. The van der Waals surface area contributed by atoms with Crippen LogP contribution in [0.2, 0.25) is 0 Å². The van der Waals surface area contributed by atoms with Crippen LogP contribution in [0.5, 0.6) is 0 Å². The SMILES string of the molecule is CN1Sc2ccccc2C=C1C(N)=O. The fourth-order valence-corrected chi connectivity index (χ4v) is 2.25. The molecule has 0 bridgehead atoms. The summed E-state index contributed by atoms with van der Waals surface area (Å²) in [7, 11) is 1.83. The molecule has 1 heterocycles. The van der Waals surface area contributed by atoms with Gasteiger partial charge in [0.2, 0.25) is 0 Å². The molecule has 14 heavy (non-hydrogen) atoms. The predicted octanol–water partition coefficient (Wildman–Crippen LogP) is 1.47. The van der Waals surface area contributed by atoms with Crippen LogP contribution >= 0.6 is 11.9 Å². The molecule has 0 unspecified atom stereocenters. The number of carbonyl (C=O) groups is 1. The number of rotatable bonds is 1. The van der Waals surface area contributed by atoms with E-state index in [4.69, 9.17) is 5.73 Å². The monoisotopic (exact) mass is 206 g/mol. The van der Waals surface area contributed by atoms with E-state index in [1.807, 2.05) is 37.4 Å². The largest absolute Gasteiger partial charge is 0.364 e. The molecule has 1 aromatic carbocycles. The van der Waals surface area contributed by atoms with Gasteiger partial charge in [-0.15, -0.1) is 0 Å². The van der Waals surface area contributed by atoms with E-state index in [9.17, 15) is 4.79 Å². The van der Waals surface area contributed by atoms with Crippen molar-refractivity contribution in [3.8, 4) is 0 Å². The van der Waals surface area contributed by atoms with Gasteiger partial charge in [0.05, 0.1) is 0 Å². The van der Waals surface area contributed by atoms with Crippen molar-refractivity contribution >= 4 is 23.9 Å². The summed E-state index contributed by atoms with van der Waals surface area (Å²) in [5.74, 6) is -0.394. The van der Waals surface area contributed by atoms with E-state index in [0.29, 0.717) is 5.70 Å². The highest BCUT2D eigenvalue weighted by molar-refractivity contribution is 7.97. The number of benzene rings is 1. The molecule has 0 saturated carbocycles. The molecule has 3 nitrogen and oxygen atoms in total. The number of hydrogen-bond donors (Lipinski definition) is 1. The van der Waals surface area contributed by atoms with Crippen molar-refractivity contribution in [3.05, 3.63) is 35.5 Å². The Hall–Kier alpha value is -1.42. The molecule has 1 aliphatic heterocycles. The molecular formula is C10H10N2OS. The van der Waals surface area contributed by atoms with Crippen LogP contribution in [0.25, 0.3) is 6.08 Å². The van der Waals surface area contributed by atoms with Gasteiger partial charge in [0.15, 0.2) is 0 Å². The zero-order valence-corrected chi connectivity index (χ0v) is 8.54. The Kier molecular flexibility index (Phi) is 2.21. The van der Waals surface area contributed by atoms with Crippen LogP contribution in [0, 0.1) is 0 Å². The number of likely N-dealkylation sites (N-methyl/N-ethyl adjacent to an activating group) is 1. The van der Waals surface area contributed by atoms with E-state index in [-0.39, 0.29) is 0 Å². The molecule has 0 aromatic heterocycles. The summed E-state index contributed by atoms with van der Waals surface area (Å²) in [5.41, 5.74) is 6.83. The Bertz CT molecular complexity index is 414. The van der Waals surface area contributed by atoms with Crippen LogP contribution in [0.3, 0.4) is 0 Å². The summed E-state index contributed by atoms with van der Waals surface area (Å²) in [6.07, 6.45) is 1.81. The third kappa shape index (κ3) is 1.48. The minimum absolute atomic E-state index is 0.394. The van der Waals surface area contributed by atoms with Crippen LogP contribution in [0.1, 0.15) is 5.56 Å². The summed E-state index contributed by atoms with van der Waals surface area (Å²) in [6, 6.07) is 7.91. The Labute approximate surface area is 86.7 Å². The highest BCUT2D eigenvalue weighted by Gasteiger charge is 2.18. The predicted molar refractivity (Wildman–Crippen MR) is 57.2 cm³/mol. The molecule has 2 rings (SSSR count). The van der Waals surface area contributed by atoms with Crippen LogP contribution in [0.4, 0.5) is 0 Å². The Morgan fingerprint density at radius 3 is 2.86 bits per heavy atom. The van der Waals surface area contributed by atoms with Crippen molar-refractivity contribution < 1.29 is 4.79 Å². The van der Waals surface area contributed by atoms with Gasteiger partial charge >= 0.3 is 0 Å². The van der Waals surface area contributed by atoms with Crippen LogP contribution in [-0.2, 0) is 4.79 Å². The van der Waals surface area contributed by atoms with Gasteiger partial charge in [0, 0.05) is 11.9 Å². The standard InChI is InChI=1S/C10H10N2OS/c1-12-8(10(11)13)6-7-4-2-3-5-9(7)14-12/h2-6H,1H3,(H2,11,13). The molecule has 1 amide bonds. The second kappa shape index (κ2) is 3.38. The van der Waals surface area contributed by atoms with Gasteiger partial charge < -0.3 is 10.0 Å². The summed E-state index contributed by atoms with van der Waals surface area (Å²) in [6.45, 7) is 0. The highest BCUT2D eigenvalue weighted by atomic mass is 32.2. The lowest BCUT2D eigenvalue weighted by Gasteiger charge is -2.24. The molecule has 72 valence electrons. The van der Waals surface area contributed by atoms with Gasteiger partial charge in [0.25, 0.3) is 5.91 Å². The van der Waals surface area contributed by atoms with Crippen LogP contribution in [-0.4, -0.2) is 17.3 Å². The first-order valence-electron chi connectivity index (χ1n) is 4.21.